The van der Waals surface area contributed by atoms with Crippen molar-refractivity contribution >= 4 is 38.3 Å². The van der Waals surface area contributed by atoms with E-state index in [1.165, 1.54) is 6.26 Å². The highest BCUT2D eigenvalue weighted by Crippen LogP contribution is 2.23. The number of rotatable bonds is 4. The average Bonchev–Trinajstić information content (AvgIpc) is 3.06. The molecule has 0 atom stereocenters. The molecule has 5 nitrogen and oxygen atoms in total. The van der Waals surface area contributed by atoms with Crippen molar-refractivity contribution in [2.75, 3.05) is 13.1 Å². The molecule has 1 aliphatic heterocycles. The van der Waals surface area contributed by atoms with Gasteiger partial charge in [0.2, 0.25) is 0 Å². The summed E-state index contributed by atoms with van der Waals surface area (Å²) >= 11 is 2.17. The van der Waals surface area contributed by atoms with Crippen LogP contribution in [-0.4, -0.2) is 37.6 Å². The van der Waals surface area contributed by atoms with Crippen molar-refractivity contribution < 1.29 is 17.6 Å². The lowest BCUT2D eigenvalue weighted by Crippen LogP contribution is -2.42. The Morgan fingerprint density at radius 1 is 1.21 bits per heavy atom. The summed E-state index contributed by atoms with van der Waals surface area (Å²) in [5, 5.41) is -0.414. The molecule has 0 radical (unpaired) electrons. The van der Waals surface area contributed by atoms with Crippen LogP contribution >= 0.6 is 22.6 Å². The maximum absolute atomic E-state index is 12.5. The molecular formula is C17H18INO4S. The molecule has 1 saturated heterocycles. The second-order valence-corrected chi connectivity index (χ2v) is 9.42. The second-order valence-electron chi connectivity index (χ2n) is 5.89. The van der Waals surface area contributed by atoms with Crippen molar-refractivity contribution in [1.29, 1.82) is 0 Å². The number of carbonyl (C=O) groups excluding carboxylic acids is 1. The molecule has 1 aromatic heterocycles. The van der Waals surface area contributed by atoms with Gasteiger partial charge in [-0.25, -0.2) is 8.42 Å². The summed E-state index contributed by atoms with van der Waals surface area (Å²) in [6.07, 6.45) is 2.42. The first-order valence-corrected chi connectivity index (χ1v) is 10.5. The lowest BCUT2D eigenvalue weighted by molar-refractivity contribution is 0.0725. The third-order valence-corrected chi connectivity index (χ3v) is 7.08. The van der Waals surface area contributed by atoms with Crippen LogP contribution in [0, 0.1) is 3.57 Å². The molecule has 1 fully saturated rings. The van der Waals surface area contributed by atoms with Gasteiger partial charge in [-0.05, 0) is 65.8 Å². The van der Waals surface area contributed by atoms with Gasteiger partial charge in [-0.3, -0.25) is 4.79 Å². The molecule has 3 rings (SSSR count). The summed E-state index contributed by atoms with van der Waals surface area (Å²) in [4.78, 5) is 14.3. The third-order valence-electron chi connectivity index (χ3n) is 4.23. The number of hydrogen-bond donors (Lipinski definition) is 0. The number of piperidine rings is 1. The minimum atomic E-state index is -3.26. The van der Waals surface area contributed by atoms with E-state index in [4.69, 9.17) is 4.42 Å². The second kappa shape index (κ2) is 7.26. The van der Waals surface area contributed by atoms with Gasteiger partial charge >= 0.3 is 0 Å². The highest BCUT2D eigenvalue weighted by molar-refractivity contribution is 14.1. The molecule has 0 saturated carbocycles. The molecule has 0 unspecified atom stereocenters. The standard InChI is InChI=1S/C17H18INO4S/c18-14-4-1-3-13(11-14)17(20)19-8-6-16(7-9-19)24(21,22)12-15-5-2-10-23-15/h1-5,10-11,16H,6-9,12H2. The molecule has 2 heterocycles. The van der Waals surface area contributed by atoms with E-state index in [1.807, 2.05) is 18.2 Å². The van der Waals surface area contributed by atoms with E-state index in [0.717, 1.165) is 3.57 Å². The lowest BCUT2D eigenvalue weighted by Gasteiger charge is -2.31. The molecule has 0 aliphatic carbocycles. The molecular weight excluding hydrogens is 441 g/mol. The summed E-state index contributed by atoms with van der Waals surface area (Å²) in [7, 11) is -3.26. The minimum Gasteiger partial charge on any atom is -0.468 e. The topological polar surface area (TPSA) is 67.6 Å². The predicted molar refractivity (Wildman–Crippen MR) is 99.4 cm³/mol. The van der Waals surface area contributed by atoms with Gasteiger partial charge < -0.3 is 9.32 Å². The maximum atomic E-state index is 12.5. The number of amides is 1. The number of furan rings is 1. The molecule has 0 spiro atoms. The number of likely N-dealkylation sites (tertiary alicyclic amines) is 1. The molecule has 0 bridgehead atoms. The zero-order chi connectivity index (χ0) is 17.2. The molecule has 2 aromatic rings. The minimum absolute atomic E-state index is 0.0320. The Kier molecular flexibility index (Phi) is 5.29. The fourth-order valence-corrected chi connectivity index (χ4v) is 5.20. The van der Waals surface area contributed by atoms with Gasteiger partial charge in [-0.2, -0.15) is 0 Å². The van der Waals surface area contributed by atoms with E-state index in [0.29, 0.717) is 37.3 Å². The van der Waals surface area contributed by atoms with Crippen LogP contribution in [0.5, 0.6) is 0 Å². The van der Waals surface area contributed by atoms with Crippen LogP contribution in [0.1, 0.15) is 29.0 Å². The number of halogens is 1. The van der Waals surface area contributed by atoms with Crippen LogP contribution in [0.15, 0.2) is 47.1 Å². The van der Waals surface area contributed by atoms with Crippen molar-refractivity contribution in [3.63, 3.8) is 0 Å². The van der Waals surface area contributed by atoms with E-state index < -0.39 is 15.1 Å². The molecule has 1 aliphatic rings. The Morgan fingerprint density at radius 3 is 2.58 bits per heavy atom. The SMILES string of the molecule is O=C(c1cccc(I)c1)N1CCC(S(=O)(=O)Cc2ccco2)CC1. The van der Waals surface area contributed by atoms with Crippen LogP contribution in [-0.2, 0) is 15.6 Å². The first kappa shape index (κ1) is 17.5. The number of hydrogen-bond acceptors (Lipinski definition) is 4. The van der Waals surface area contributed by atoms with Crippen LogP contribution in [0.2, 0.25) is 0 Å². The Hall–Kier alpha value is -1.35. The van der Waals surface area contributed by atoms with Crippen molar-refractivity contribution in [1.82, 2.24) is 4.90 Å². The molecule has 7 heteroatoms. The lowest BCUT2D eigenvalue weighted by atomic mass is 10.1. The maximum Gasteiger partial charge on any atom is 0.253 e. The fourth-order valence-electron chi connectivity index (χ4n) is 2.93. The van der Waals surface area contributed by atoms with Crippen LogP contribution in [0.4, 0.5) is 0 Å². The molecule has 1 aromatic carbocycles. The van der Waals surface area contributed by atoms with Crippen molar-refractivity contribution in [2.24, 2.45) is 0 Å². The fraction of sp³-hybridized carbons (Fsp3) is 0.353. The van der Waals surface area contributed by atoms with Crippen LogP contribution in [0.25, 0.3) is 0 Å². The summed E-state index contributed by atoms with van der Waals surface area (Å²) < 4.78 is 31.1. The highest BCUT2D eigenvalue weighted by atomic mass is 127. The van der Waals surface area contributed by atoms with E-state index >= 15 is 0 Å². The average molecular weight is 459 g/mol. The third kappa shape index (κ3) is 4.00. The summed E-state index contributed by atoms with van der Waals surface area (Å²) in [5.41, 5.74) is 0.652. The van der Waals surface area contributed by atoms with Gasteiger partial charge in [-0.1, -0.05) is 6.07 Å². The smallest absolute Gasteiger partial charge is 0.253 e. The van der Waals surface area contributed by atoms with E-state index in [-0.39, 0.29) is 11.7 Å². The van der Waals surface area contributed by atoms with Gasteiger partial charge in [0.25, 0.3) is 5.91 Å². The van der Waals surface area contributed by atoms with E-state index in [9.17, 15) is 13.2 Å². The summed E-state index contributed by atoms with van der Waals surface area (Å²) in [6.45, 7) is 0.929. The molecule has 1 amide bonds. The summed E-state index contributed by atoms with van der Waals surface area (Å²) in [6, 6.07) is 10.8. The number of sulfone groups is 1. The summed E-state index contributed by atoms with van der Waals surface area (Å²) in [5.74, 6) is 0.359. The van der Waals surface area contributed by atoms with E-state index in [2.05, 4.69) is 22.6 Å². The Balaban J connectivity index is 1.62. The predicted octanol–water partition coefficient (Wildman–Crippen LogP) is 3.10. The van der Waals surface area contributed by atoms with Gasteiger partial charge in [0.15, 0.2) is 9.84 Å². The van der Waals surface area contributed by atoms with Crippen molar-refractivity contribution in [3.05, 3.63) is 57.6 Å². The first-order valence-electron chi connectivity index (χ1n) is 7.74. The normalized spacial score (nSPS) is 16.3. The number of benzene rings is 1. The van der Waals surface area contributed by atoms with Gasteiger partial charge in [0, 0.05) is 22.2 Å². The Bertz CT molecular complexity index is 809. The van der Waals surface area contributed by atoms with Crippen LogP contribution < -0.4 is 0 Å². The largest absolute Gasteiger partial charge is 0.468 e. The monoisotopic (exact) mass is 459 g/mol. The Labute approximate surface area is 155 Å². The molecule has 128 valence electrons. The van der Waals surface area contributed by atoms with Gasteiger partial charge in [0.05, 0.1) is 11.5 Å². The zero-order valence-corrected chi connectivity index (χ0v) is 16.0. The van der Waals surface area contributed by atoms with Crippen molar-refractivity contribution in [2.45, 2.75) is 23.8 Å². The quantitative estimate of drug-likeness (QED) is 0.660. The van der Waals surface area contributed by atoms with E-state index in [1.54, 1.807) is 23.1 Å². The van der Waals surface area contributed by atoms with Crippen molar-refractivity contribution in [3.8, 4) is 0 Å². The zero-order valence-electron chi connectivity index (χ0n) is 13.0. The number of carbonyl (C=O) groups is 1. The van der Waals surface area contributed by atoms with Crippen LogP contribution in [0.3, 0.4) is 0 Å². The highest BCUT2D eigenvalue weighted by Gasteiger charge is 2.32. The first-order chi connectivity index (χ1) is 11.5. The Morgan fingerprint density at radius 2 is 1.96 bits per heavy atom. The molecule has 0 N–H and O–H groups in total. The van der Waals surface area contributed by atoms with Gasteiger partial charge in [-0.15, -0.1) is 0 Å². The number of nitrogens with zero attached hydrogens (tertiary/aromatic N) is 1. The molecule has 24 heavy (non-hydrogen) atoms. The van der Waals surface area contributed by atoms with Gasteiger partial charge in [0.1, 0.15) is 11.5 Å².